The Bertz CT molecular complexity index is 494. The summed E-state index contributed by atoms with van der Waals surface area (Å²) < 4.78 is 0. The predicted octanol–water partition coefficient (Wildman–Crippen LogP) is 3.49. The molecule has 0 saturated heterocycles. The van der Waals surface area contributed by atoms with Gasteiger partial charge in [0.05, 0.1) is 0 Å². The van der Waals surface area contributed by atoms with Gasteiger partial charge in [0.25, 0.3) is 0 Å². The molecule has 2 nitrogen and oxygen atoms in total. The van der Waals surface area contributed by atoms with Crippen LogP contribution in [0.5, 0.6) is 0 Å². The second-order valence-corrected chi connectivity index (χ2v) is 5.43. The van der Waals surface area contributed by atoms with Crippen LogP contribution >= 0.6 is 11.6 Å². The van der Waals surface area contributed by atoms with Crippen molar-refractivity contribution in [2.45, 2.75) is 32.2 Å². The summed E-state index contributed by atoms with van der Waals surface area (Å²) >= 11 is 5.94. The van der Waals surface area contributed by atoms with E-state index >= 15 is 0 Å². The lowest BCUT2D eigenvalue weighted by Crippen LogP contribution is -2.32. The monoisotopic (exact) mass is 236 g/mol. The quantitative estimate of drug-likeness (QED) is 0.842. The van der Waals surface area contributed by atoms with Gasteiger partial charge in [-0.05, 0) is 44.4 Å². The first kappa shape index (κ1) is 11.5. The fourth-order valence-corrected chi connectivity index (χ4v) is 1.99. The van der Waals surface area contributed by atoms with E-state index in [1.807, 2.05) is 18.3 Å². The number of halogens is 1. The maximum absolute atomic E-state index is 5.99. The molecule has 3 heteroatoms. The minimum absolute atomic E-state index is 0.115. The third-order valence-corrected chi connectivity index (χ3v) is 3.00. The molecule has 0 atom stereocenters. The first-order valence-corrected chi connectivity index (χ1v) is 5.88. The molecule has 1 heterocycles. The number of fused-ring (bicyclic) bond motifs is 1. The normalized spacial score (nSPS) is 12.2. The van der Waals surface area contributed by atoms with Crippen molar-refractivity contribution in [3.05, 3.63) is 35.0 Å². The van der Waals surface area contributed by atoms with Crippen LogP contribution in [0.1, 0.15) is 25.8 Å². The summed E-state index contributed by atoms with van der Waals surface area (Å²) in [5.74, 6) is 0. The SMILES string of the molecule is CC(C)(N)CCc1c[nH]c2cc(Cl)ccc12. The van der Waals surface area contributed by atoms with Gasteiger partial charge in [0, 0.05) is 27.7 Å². The van der Waals surface area contributed by atoms with Crippen LogP contribution < -0.4 is 5.73 Å². The van der Waals surface area contributed by atoms with Gasteiger partial charge < -0.3 is 10.7 Å². The van der Waals surface area contributed by atoms with Crippen LogP contribution in [0.25, 0.3) is 10.9 Å². The van der Waals surface area contributed by atoms with E-state index in [4.69, 9.17) is 17.3 Å². The van der Waals surface area contributed by atoms with E-state index in [2.05, 4.69) is 24.9 Å². The van der Waals surface area contributed by atoms with Crippen LogP contribution in [0.3, 0.4) is 0 Å². The second kappa shape index (κ2) is 4.11. The van der Waals surface area contributed by atoms with Gasteiger partial charge in [-0.25, -0.2) is 0 Å². The topological polar surface area (TPSA) is 41.8 Å². The summed E-state index contributed by atoms with van der Waals surface area (Å²) in [6.45, 7) is 4.11. The van der Waals surface area contributed by atoms with Crippen molar-refractivity contribution < 1.29 is 0 Å². The molecule has 0 unspecified atom stereocenters. The van der Waals surface area contributed by atoms with Gasteiger partial charge >= 0.3 is 0 Å². The number of aromatic nitrogens is 1. The Labute approximate surface area is 101 Å². The molecule has 0 saturated carbocycles. The zero-order valence-electron chi connectivity index (χ0n) is 9.68. The first-order chi connectivity index (χ1) is 7.46. The third kappa shape index (κ3) is 2.57. The van der Waals surface area contributed by atoms with Crippen molar-refractivity contribution >= 4 is 22.5 Å². The molecule has 16 heavy (non-hydrogen) atoms. The van der Waals surface area contributed by atoms with E-state index in [-0.39, 0.29) is 5.54 Å². The van der Waals surface area contributed by atoms with Gasteiger partial charge in [0.2, 0.25) is 0 Å². The number of nitrogens with one attached hydrogen (secondary N) is 1. The highest BCUT2D eigenvalue weighted by Gasteiger charge is 2.12. The molecule has 2 rings (SSSR count). The van der Waals surface area contributed by atoms with E-state index in [1.165, 1.54) is 10.9 Å². The lowest BCUT2D eigenvalue weighted by atomic mass is 9.96. The number of hydrogen-bond acceptors (Lipinski definition) is 1. The van der Waals surface area contributed by atoms with Crippen molar-refractivity contribution in [1.82, 2.24) is 4.98 Å². The average Bonchev–Trinajstić information content (AvgIpc) is 2.56. The number of rotatable bonds is 3. The highest BCUT2D eigenvalue weighted by molar-refractivity contribution is 6.31. The summed E-state index contributed by atoms with van der Waals surface area (Å²) in [5, 5.41) is 2.01. The number of benzene rings is 1. The number of aromatic amines is 1. The van der Waals surface area contributed by atoms with Gasteiger partial charge in [-0.3, -0.25) is 0 Å². The molecule has 0 aliphatic rings. The van der Waals surface area contributed by atoms with Crippen molar-refractivity contribution in [1.29, 1.82) is 0 Å². The smallest absolute Gasteiger partial charge is 0.0471 e. The molecule has 86 valence electrons. The summed E-state index contributed by atoms with van der Waals surface area (Å²) in [4.78, 5) is 3.24. The molecule has 0 radical (unpaired) electrons. The Morgan fingerprint density at radius 1 is 1.38 bits per heavy atom. The van der Waals surface area contributed by atoms with Crippen molar-refractivity contribution in [3.63, 3.8) is 0 Å². The molecular formula is C13H17ClN2. The van der Waals surface area contributed by atoms with Gasteiger partial charge in [-0.2, -0.15) is 0 Å². The van der Waals surface area contributed by atoms with E-state index in [0.29, 0.717) is 0 Å². The number of H-pyrrole nitrogens is 1. The molecule has 0 amide bonds. The van der Waals surface area contributed by atoms with Crippen molar-refractivity contribution in [2.75, 3.05) is 0 Å². The minimum atomic E-state index is -0.115. The van der Waals surface area contributed by atoms with E-state index in [9.17, 15) is 0 Å². The first-order valence-electron chi connectivity index (χ1n) is 5.50. The Morgan fingerprint density at radius 2 is 2.12 bits per heavy atom. The molecule has 0 aliphatic carbocycles. The van der Waals surface area contributed by atoms with E-state index in [0.717, 1.165) is 23.4 Å². The minimum Gasteiger partial charge on any atom is -0.361 e. The lowest BCUT2D eigenvalue weighted by Gasteiger charge is -2.17. The number of hydrogen-bond donors (Lipinski definition) is 2. The molecule has 2 aromatic rings. The van der Waals surface area contributed by atoms with Gasteiger partial charge in [0.1, 0.15) is 0 Å². The molecule has 0 fully saturated rings. The Kier molecular flexibility index (Phi) is 2.96. The average molecular weight is 237 g/mol. The molecule has 0 bridgehead atoms. The summed E-state index contributed by atoms with van der Waals surface area (Å²) in [5.41, 5.74) is 8.28. The molecule has 1 aromatic carbocycles. The van der Waals surface area contributed by atoms with Crippen molar-refractivity contribution in [3.8, 4) is 0 Å². The van der Waals surface area contributed by atoms with Gasteiger partial charge in [-0.15, -0.1) is 0 Å². The summed E-state index contributed by atoms with van der Waals surface area (Å²) in [6.07, 6.45) is 4.01. The van der Waals surface area contributed by atoms with E-state index in [1.54, 1.807) is 0 Å². The van der Waals surface area contributed by atoms with Crippen LogP contribution in [0.4, 0.5) is 0 Å². The summed E-state index contributed by atoms with van der Waals surface area (Å²) in [7, 11) is 0. The fraction of sp³-hybridized carbons (Fsp3) is 0.385. The standard InChI is InChI=1S/C13H17ClN2/c1-13(2,15)6-5-9-8-16-12-7-10(14)3-4-11(9)12/h3-4,7-8,16H,5-6,15H2,1-2H3. The number of nitrogens with two attached hydrogens (primary N) is 1. The largest absolute Gasteiger partial charge is 0.361 e. The maximum atomic E-state index is 5.99. The third-order valence-electron chi connectivity index (χ3n) is 2.77. The van der Waals surface area contributed by atoms with Crippen LogP contribution in [-0.2, 0) is 6.42 Å². The fourth-order valence-electron chi connectivity index (χ4n) is 1.82. The van der Waals surface area contributed by atoms with Gasteiger partial charge in [0.15, 0.2) is 0 Å². The van der Waals surface area contributed by atoms with Crippen molar-refractivity contribution in [2.24, 2.45) is 5.73 Å². The highest BCUT2D eigenvalue weighted by atomic mass is 35.5. The lowest BCUT2D eigenvalue weighted by molar-refractivity contribution is 0.477. The van der Waals surface area contributed by atoms with E-state index < -0.39 is 0 Å². The maximum Gasteiger partial charge on any atom is 0.0471 e. The Hall–Kier alpha value is -0.990. The second-order valence-electron chi connectivity index (χ2n) is 4.99. The van der Waals surface area contributed by atoms with Gasteiger partial charge in [-0.1, -0.05) is 17.7 Å². The van der Waals surface area contributed by atoms with Crippen LogP contribution in [0.15, 0.2) is 24.4 Å². The Balaban J connectivity index is 2.25. The zero-order valence-corrected chi connectivity index (χ0v) is 10.4. The predicted molar refractivity (Wildman–Crippen MR) is 69.9 cm³/mol. The molecule has 3 N–H and O–H groups in total. The number of aryl methyl sites for hydroxylation is 1. The zero-order chi connectivity index (χ0) is 11.8. The van der Waals surface area contributed by atoms with Crippen LogP contribution in [0, 0.1) is 0 Å². The molecule has 0 aliphatic heterocycles. The summed E-state index contributed by atoms with van der Waals surface area (Å²) in [6, 6.07) is 5.94. The molecule has 0 spiro atoms. The Morgan fingerprint density at radius 3 is 2.81 bits per heavy atom. The van der Waals surface area contributed by atoms with Crippen LogP contribution in [0.2, 0.25) is 5.02 Å². The molecule has 1 aromatic heterocycles. The highest BCUT2D eigenvalue weighted by Crippen LogP contribution is 2.24. The molecular weight excluding hydrogens is 220 g/mol. The van der Waals surface area contributed by atoms with Crippen LogP contribution in [-0.4, -0.2) is 10.5 Å².